The third kappa shape index (κ3) is 2.64. The lowest BCUT2D eigenvalue weighted by Gasteiger charge is -2.35. The Morgan fingerprint density at radius 2 is 2.00 bits per heavy atom. The van der Waals surface area contributed by atoms with Crippen LogP contribution in [-0.4, -0.2) is 45.9 Å². The van der Waals surface area contributed by atoms with E-state index in [0.29, 0.717) is 12.8 Å². The molecule has 1 fully saturated rings. The molecule has 108 valence electrons. The van der Waals surface area contributed by atoms with Crippen LogP contribution in [0.25, 0.3) is 0 Å². The SMILES string of the molecule is O=C(O)NC1CC(O)C(N2CCc3ccccc3C2)C1. The number of benzene rings is 1. The Morgan fingerprint density at radius 1 is 1.25 bits per heavy atom. The molecule has 0 spiro atoms. The lowest BCUT2D eigenvalue weighted by Crippen LogP contribution is -2.43. The average Bonchev–Trinajstić information content (AvgIpc) is 2.78. The van der Waals surface area contributed by atoms with Crippen LogP contribution in [0.15, 0.2) is 24.3 Å². The molecular formula is C15H20N2O3. The normalized spacial score (nSPS) is 29.9. The Morgan fingerprint density at radius 3 is 2.75 bits per heavy atom. The topological polar surface area (TPSA) is 72.8 Å². The highest BCUT2D eigenvalue weighted by molar-refractivity contribution is 5.64. The summed E-state index contributed by atoms with van der Waals surface area (Å²) in [6.45, 7) is 1.77. The predicted molar refractivity (Wildman–Crippen MR) is 74.5 cm³/mol. The first-order chi connectivity index (χ1) is 9.63. The zero-order chi connectivity index (χ0) is 14.1. The molecule has 1 aromatic rings. The van der Waals surface area contributed by atoms with Crippen molar-refractivity contribution in [2.75, 3.05) is 6.54 Å². The fraction of sp³-hybridized carbons (Fsp3) is 0.533. The summed E-state index contributed by atoms with van der Waals surface area (Å²) in [6.07, 6.45) is 0.741. The van der Waals surface area contributed by atoms with Gasteiger partial charge < -0.3 is 15.5 Å². The Balaban J connectivity index is 1.67. The maximum atomic E-state index is 10.7. The number of aliphatic hydroxyl groups excluding tert-OH is 1. The largest absolute Gasteiger partial charge is 0.465 e. The van der Waals surface area contributed by atoms with Gasteiger partial charge in [0.25, 0.3) is 0 Å². The molecule has 3 atom stereocenters. The first-order valence-corrected chi connectivity index (χ1v) is 7.12. The quantitative estimate of drug-likeness (QED) is 0.759. The van der Waals surface area contributed by atoms with Crippen LogP contribution in [0.4, 0.5) is 4.79 Å². The van der Waals surface area contributed by atoms with Gasteiger partial charge in [-0.25, -0.2) is 4.79 Å². The summed E-state index contributed by atoms with van der Waals surface area (Å²) in [5.74, 6) is 0. The molecule has 0 aromatic heterocycles. The molecule has 0 bridgehead atoms. The van der Waals surface area contributed by atoms with Crippen LogP contribution in [0.2, 0.25) is 0 Å². The van der Waals surface area contributed by atoms with Crippen molar-refractivity contribution in [3.05, 3.63) is 35.4 Å². The van der Waals surface area contributed by atoms with E-state index in [1.54, 1.807) is 0 Å². The van der Waals surface area contributed by atoms with E-state index in [4.69, 9.17) is 5.11 Å². The highest BCUT2D eigenvalue weighted by atomic mass is 16.4. The number of amides is 1. The minimum absolute atomic E-state index is 0.0557. The summed E-state index contributed by atoms with van der Waals surface area (Å²) in [5, 5.41) is 21.5. The number of nitrogens with one attached hydrogen (secondary N) is 1. The second-order valence-corrected chi connectivity index (χ2v) is 5.74. The van der Waals surface area contributed by atoms with Crippen molar-refractivity contribution in [2.45, 2.75) is 44.0 Å². The fourth-order valence-electron chi connectivity index (χ4n) is 3.48. The van der Waals surface area contributed by atoms with Crippen molar-refractivity contribution in [3.63, 3.8) is 0 Å². The molecule has 0 saturated heterocycles. The van der Waals surface area contributed by atoms with Crippen LogP contribution in [-0.2, 0) is 13.0 Å². The zero-order valence-corrected chi connectivity index (χ0v) is 11.3. The highest BCUT2D eigenvalue weighted by Gasteiger charge is 2.38. The van der Waals surface area contributed by atoms with Gasteiger partial charge in [-0.1, -0.05) is 24.3 Å². The molecule has 1 amide bonds. The molecule has 1 heterocycles. The molecule has 0 radical (unpaired) electrons. The van der Waals surface area contributed by atoms with Gasteiger partial charge >= 0.3 is 6.09 Å². The van der Waals surface area contributed by atoms with E-state index in [0.717, 1.165) is 19.5 Å². The molecule has 1 aliphatic carbocycles. The minimum Gasteiger partial charge on any atom is -0.465 e. The van der Waals surface area contributed by atoms with Gasteiger partial charge in [0.15, 0.2) is 0 Å². The van der Waals surface area contributed by atoms with E-state index in [9.17, 15) is 9.90 Å². The highest BCUT2D eigenvalue weighted by Crippen LogP contribution is 2.29. The summed E-state index contributed by atoms with van der Waals surface area (Å²) < 4.78 is 0. The molecule has 3 N–H and O–H groups in total. The average molecular weight is 276 g/mol. The number of carboxylic acid groups (broad SMARTS) is 1. The lowest BCUT2D eigenvalue weighted by atomic mass is 9.98. The van der Waals surface area contributed by atoms with E-state index in [-0.39, 0.29) is 12.1 Å². The summed E-state index contributed by atoms with van der Waals surface area (Å²) in [7, 11) is 0. The number of hydrogen-bond acceptors (Lipinski definition) is 3. The fourth-order valence-corrected chi connectivity index (χ4v) is 3.48. The Hall–Kier alpha value is -1.59. The number of carbonyl (C=O) groups is 1. The second-order valence-electron chi connectivity index (χ2n) is 5.74. The first kappa shape index (κ1) is 13.4. The molecule has 1 saturated carbocycles. The molecule has 1 aliphatic heterocycles. The molecule has 5 heteroatoms. The molecule has 20 heavy (non-hydrogen) atoms. The smallest absolute Gasteiger partial charge is 0.404 e. The van der Waals surface area contributed by atoms with Crippen molar-refractivity contribution in [1.29, 1.82) is 0 Å². The molecule has 3 rings (SSSR count). The monoisotopic (exact) mass is 276 g/mol. The van der Waals surface area contributed by atoms with Gasteiger partial charge in [-0.15, -0.1) is 0 Å². The van der Waals surface area contributed by atoms with Crippen LogP contribution in [0.1, 0.15) is 24.0 Å². The second kappa shape index (κ2) is 5.42. The third-order valence-electron chi connectivity index (χ3n) is 4.45. The van der Waals surface area contributed by atoms with Crippen molar-refractivity contribution in [1.82, 2.24) is 10.2 Å². The van der Waals surface area contributed by atoms with E-state index in [1.807, 2.05) is 6.07 Å². The van der Waals surface area contributed by atoms with Crippen LogP contribution < -0.4 is 5.32 Å². The predicted octanol–water partition coefficient (Wildman–Crippen LogP) is 1.20. The standard InChI is InChI=1S/C15H20N2O3/c18-14-8-12(16-15(19)20)7-13(14)17-6-5-10-3-1-2-4-11(10)9-17/h1-4,12-14,16,18H,5-9H2,(H,19,20). The molecule has 2 aliphatic rings. The summed E-state index contributed by atoms with van der Waals surface area (Å²) >= 11 is 0. The van der Waals surface area contributed by atoms with Crippen molar-refractivity contribution in [3.8, 4) is 0 Å². The van der Waals surface area contributed by atoms with Crippen LogP contribution in [0.3, 0.4) is 0 Å². The van der Waals surface area contributed by atoms with E-state index >= 15 is 0 Å². The lowest BCUT2D eigenvalue weighted by molar-refractivity contribution is 0.0626. The Kier molecular flexibility index (Phi) is 3.63. The molecule has 3 unspecified atom stereocenters. The number of rotatable bonds is 2. The van der Waals surface area contributed by atoms with E-state index < -0.39 is 12.2 Å². The van der Waals surface area contributed by atoms with Gasteiger partial charge in [0.1, 0.15) is 0 Å². The van der Waals surface area contributed by atoms with Crippen molar-refractivity contribution < 1.29 is 15.0 Å². The third-order valence-corrected chi connectivity index (χ3v) is 4.45. The molecular weight excluding hydrogens is 256 g/mol. The van der Waals surface area contributed by atoms with Gasteiger partial charge in [0.05, 0.1) is 6.10 Å². The summed E-state index contributed by atoms with van der Waals surface area (Å²) in [5.41, 5.74) is 2.71. The Bertz CT molecular complexity index is 506. The number of hydrogen-bond donors (Lipinski definition) is 3. The van der Waals surface area contributed by atoms with Gasteiger partial charge in [0.2, 0.25) is 0 Å². The number of aliphatic hydroxyl groups is 1. The number of fused-ring (bicyclic) bond motifs is 1. The van der Waals surface area contributed by atoms with Crippen LogP contribution in [0, 0.1) is 0 Å². The van der Waals surface area contributed by atoms with Crippen LogP contribution >= 0.6 is 0 Å². The zero-order valence-electron chi connectivity index (χ0n) is 11.3. The van der Waals surface area contributed by atoms with E-state index in [1.165, 1.54) is 11.1 Å². The van der Waals surface area contributed by atoms with Gasteiger partial charge in [-0.2, -0.15) is 0 Å². The van der Waals surface area contributed by atoms with Crippen LogP contribution in [0.5, 0.6) is 0 Å². The van der Waals surface area contributed by atoms with Gasteiger partial charge in [-0.3, -0.25) is 4.90 Å². The maximum Gasteiger partial charge on any atom is 0.404 e. The molecule has 5 nitrogen and oxygen atoms in total. The maximum absolute atomic E-state index is 10.7. The summed E-state index contributed by atoms with van der Waals surface area (Å²) in [4.78, 5) is 13.0. The van der Waals surface area contributed by atoms with Gasteiger partial charge in [-0.05, 0) is 30.4 Å². The minimum atomic E-state index is -1.01. The van der Waals surface area contributed by atoms with Gasteiger partial charge in [0, 0.05) is 25.2 Å². The molecule has 1 aromatic carbocycles. The van der Waals surface area contributed by atoms with Crippen molar-refractivity contribution >= 4 is 6.09 Å². The number of nitrogens with zero attached hydrogens (tertiary/aromatic N) is 1. The first-order valence-electron chi connectivity index (χ1n) is 7.12. The Labute approximate surface area is 118 Å². The van der Waals surface area contributed by atoms with Crippen molar-refractivity contribution in [2.24, 2.45) is 0 Å². The van der Waals surface area contributed by atoms with E-state index in [2.05, 4.69) is 28.4 Å². The summed E-state index contributed by atoms with van der Waals surface area (Å²) in [6, 6.07) is 8.32.